The van der Waals surface area contributed by atoms with Gasteiger partial charge in [0.2, 0.25) is 0 Å². The minimum absolute atomic E-state index is 0. The average Bonchev–Trinajstić information content (AvgIpc) is 4.04. The van der Waals surface area contributed by atoms with Crippen molar-refractivity contribution < 1.29 is 76.2 Å². The zero-order valence-corrected chi connectivity index (χ0v) is 56.2. The quantitative estimate of drug-likeness (QED) is 0.0447. The molecular formula is C64H93Au2F6IN4O-8. The standard InChI is InChI=1S/2C27H37N2.C3H6I.C3H7O.2CF3.2CH3.2Au/c2*1-18(2)22-11-9-12-23(19(3)4)26(22)28-15-16-29(17-28)27-24(20(5)6)13-10-14-25(27)21(7)8;2*1-2-3-4;2*2-1(3)4;;;;/h2*9-21H,1-8H3;1-3H2;4H,1-3H2;;;2*1H3;;/q8*-1;;. The van der Waals surface area contributed by atoms with Crippen molar-refractivity contribution in [2.75, 3.05) is 30.6 Å². The molecule has 2 radical (unpaired) electrons. The van der Waals surface area contributed by atoms with Crippen molar-refractivity contribution in [3.63, 3.8) is 0 Å². The van der Waals surface area contributed by atoms with Crippen molar-refractivity contribution in [3.8, 4) is 0 Å². The van der Waals surface area contributed by atoms with E-state index in [4.69, 9.17) is 5.11 Å². The molecule has 1 N–H and O–H groups in total. The Kier molecular flexibility index (Phi) is 44.2. The van der Waals surface area contributed by atoms with E-state index in [1.165, 1.54) is 71.7 Å². The maximum absolute atomic E-state index is 9.58. The van der Waals surface area contributed by atoms with E-state index in [2.05, 4.69) is 278 Å². The summed E-state index contributed by atoms with van der Waals surface area (Å²) in [6.07, 6.45) is 10.5. The smallest absolute Gasteiger partial charge is 0.154 e. The molecular weight excluding hydrogens is 1480 g/mol. The zero-order chi connectivity index (χ0) is 56.6. The van der Waals surface area contributed by atoms with Crippen LogP contribution in [0.25, 0.3) is 0 Å². The van der Waals surface area contributed by atoms with E-state index < -0.39 is 13.4 Å². The van der Waals surface area contributed by atoms with Crippen molar-refractivity contribution in [1.82, 2.24) is 0 Å². The molecule has 0 amide bonds. The van der Waals surface area contributed by atoms with Gasteiger partial charge < -0.3 is 79.7 Å². The monoisotopic (exact) mass is 1570 g/mol. The summed E-state index contributed by atoms with van der Waals surface area (Å²) in [5, 5.41) is 7.81. The first-order valence-electron chi connectivity index (χ1n) is 25.9. The zero-order valence-electron chi connectivity index (χ0n) is 49.7. The summed E-state index contributed by atoms with van der Waals surface area (Å²) in [5.41, 5.74) is 16.6. The predicted molar refractivity (Wildman–Crippen MR) is 327 cm³/mol. The molecule has 0 saturated heterocycles. The third-order valence-corrected chi connectivity index (χ3v) is 12.7. The first kappa shape index (κ1) is 81.8. The predicted octanol–water partition coefficient (Wildman–Crippen LogP) is 21.6. The van der Waals surface area contributed by atoms with E-state index in [1.54, 1.807) is 0 Å². The van der Waals surface area contributed by atoms with Crippen molar-refractivity contribution >= 4 is 45.3 Å². The number of benzene rings is 4. The van der Waals surface area contributed by atoms with Crippen LogP contribution in [0.5, 0.6) is 0 Å². The van der Waals surface area contributed by atoms with Crippen molar-refractivity contribution in [1.29, 1.82) is 0 Å². The van der Waals surface area contributed by atoms with Gasteiger partial charge in [-0.1, -0.05) is 206 Å². The van der Waals surface area contributed by atoms with Crippen LogP contribution in [-0.4, -0.2) is 16.1 Å². The molecule has 2 aliphatic heterocycles. The first-order chi connectivity index (χ1) is 34.7. The molecule has 0 unspecified atom stereocenters. The van der Waals surface area contributed by atoms with Gasteiger partial charge in [0.05, 0.1) is 0 Å². The molecule has 6 rings (SSSR count). The van der Waals surface area contributed by atoms with E-state index in [1.807, 2.05) is 0 Å². The molecule has 0 saturated carbocycles. The fraction of sp³-hybridized carbons (Fsp3) is 0.438. The third kappa shape index (κ3) is 26.0. The van der Waals surface area contributed by atoms with Crippen molar-refractivity contribution in [2.24, 2.45) is 0 Å². The van der Waals surface area contributed by atoms with E-state index >= 15 is 0 Å². The van der Waals surface area contributed by atoms with Gasteiger partial charge in [0.25, 0.3) is 0 Å². The SMILES string of the molecule is CC(C)c1cccc(C(C)C)c1N1C=CN(c2c(C(C)C)cccc2C(C)C)[CH-]1.CC(C)c1cccc(C(C)C)c1N1C=CN(c2c(C(C)C)cccc2C(C)C)[CH-]1.F[C-](F)F.F[C-](F)F.[Au].[Au].[CH2-]CCI.[CH2-]CCO.[CH3-].[CH3-]. The number of hydrogen-bond acceptors (Lipinski definition) is 5. The van der Waals surface area contributed by atoms with Crippen LogP contribution in [-0.2, 0) is 44.8 Å². The van der Waals surface area contributed by atoms with Crippen LogP contribution in [0, 0.1) is 55.4 Å². The summed E-state index contributed by atoms with van der Waals surface area (Å²) in [6.45, 7) is 42.1. The maximum atomic E-state index is 9.58. The molecule has 0 fully saturated rings. The Labute approximate surface area is 516 Å². The van der Waals surface area contributed by atoms with Crippen LogP contribution >= 0.6 is 22.6 Å². The Morgan fingerprint density at radius 1 is 0.397 bits per heavy atom. The van der Waals surface area contributed by atoms with E-state index in [0.29, 0.717) is 53.8 Å². The Morgan fingerprint density at radius 3 is 0.615 bits per heavy atom. The number of alkyl halides is 1. The summed E-state index contributed by atoms with van der Waals surface area (Å²) < 4.78 is 58.7. The molecule has 0 aromatic heterocycles. The number of nitrogens with zero attached hydrogens (tertiary/aromatic N) is 4. The molecule has 454 valence electrons. The summed E-state index contributed by atoms with van der Waals surface area (Å²) in [5.74, 6) is 3.84. The van der Waals surface area contributed by atoms with Gasteiger partial charge in [0.1, 0.15) is 0 Å². The van der Waals surface area contributed by atoms with E-state index in [0.717, 1.165) is 6.42 Å². The topological polar surface area (TPSA) is 33.2 Å². The molecule has 78 heavy (non-hydrogen) atoms. The normalized spacial score (nSPS) is 12.4. The maximum Gasteiger partial charge on any atom is 0.154 e. The molecule has 0 spiro atoms. The molecule has 0 bridgehead atoms. The molecule has 2 aliphatic rings. The number of halogens is 7. The molecule has 5 nitrogen and oxygen atoms in total. The second kappa shape index (κ2) is 42.2. The minimum Gasteiger partial charge on any atom is -0.479 e. The molecule has 2 heterocycles. The van der Waals surface area contributed by atoms with Gasteiger partial charge in [0.15, 0.2) is 13.4 Å². The molecule has 0 atom stereocenters. The number of aliphatic hydroxyl groups excluding tert-OH is 1. The van der Waals surface area contributed by atoms with Gasteiger partial charge >= 0.3 is 0 Å². The van der Waals surface area contributed by atoms with Crippen LogP contribution in [0.4, 0.5) is 49.1 Å². The Hall–Kier alpha value is -2.69. The van der Waals surface area contributed by atoms with Crippen LogP contribution in [0.1, 0.15) is 215 Å². The first-order valence-corrected chi connectivity index (χ1v) is 27.4. The molecule has 0 aliphatic carbocycles. The van der Waals surface area contributed by atoms with E-state index in [-0.39, 0.29) is 66.2 Å². The Balaban J connectivity index is -0.000000528. The van der Waals surface area contributed by atoms with Gasteiger partial charge in [-0.15, -0.1) is 13.3 Å². The number of para-hydroxylation sites is 4. The van der Waals surface area contributed by atoms with Gasteiger partial charge in [-0.25, -0.2) is 0 Å². The molecule has 14 heteroatoms. The van der Waals surface area contributed by atoms with Crippen molar-refractivity contribution in [2.45, 2.75) is 171 Å². The summed E-state index contributed by atoms with van der Waals surface area (Å²) in [7, 11) is 0. The molecule has 4 aromatic carbocycles. The summed E-state index contributed by atoms with van der Waals surface area (Å²) in [4.78, 5) is 9.30. The second-order valence-corrected chi connectivity index (χ2v) is 21.5. The van der Waals surface area contributed by atoms with Gasteiger partial charge in [-0.05, 0) is 121 Å². The number of aliphatic hydroxyl groups is 1. The summed E-state index contributed by atoms with van der Waals surface area (Å²) >= 11 is 2.29. The fourth-order valence-corrected chi connectivity index (χ4v) is 8.48. The van der Waals surface area contributed by atoms with Crippen LogP contribution in [0.15, 0.2) is 97.6 Å². The fourth-order valence-electron chi connectivity index (χ4n) is 8.48. The second-order valence-electron chi connectivity index (χ2n) is 20.4. The van der Waals surface area contributed by atoms with E-state index in [9.17, 15) is 26.3 Å². The number of anilines is 4. The molecule has 4 aromatic rings. The largest absolute Gasteiger partial charge is 0.479 e. The van der Waals surface area contributed by atoms with Crippen LogP contribution < -0.4 is 19.6 Å². The van der Waals surface area contributed by atoms with Gasteiger partial charge in [0, 0.05) is 74.1 Å². The Morgan fingerprint density at radius 2 is 0.526 bits per heavy atom. The number of hydrogen-bond donors (Lipinski definition) is 1. The van der Waals surface area contributed by atoms with Gasteiger partial charge in [-0.2, -0.15) is 12.8 Å². The third-order valence-electron chi connectivity index (χ3n) is 12.0. The van der Waals surface area contributed by atoms with Crippen LogP contribution in [0.2, 0.25) is 0 Å². The Bertz CT molecular complexity index is 1860. The van der Waals surface area contributed by atoms with Crippen molar-refractivity contribution in [3.05, 3.63) is 198 Å². The average molecular weight is 1570 g/mol. The minimum atomic E-state index is -3.08. The van der Waals surface area contributed by atoms with Crippen LogP contribution in [0.3, 0.4) is 0 Å². The number of rotatable bonds is 14. The van der Waals surface area contributed by atoms with Gasteiger partial charge in [-0.3, -0.25) is 0 Å². The summed E-state index contributed by atoms with van der Waals surface area (Å²) in [6, 6.07) is 27.0.